The Balaban J connectivity index is 0.000000268. The molecule has 113 heavy (non-hydrogen) atoms. The first kappa shape index (κ1) is 97.2. The predicted octanol–water partition coefficient (Wildman–Crippen LogP) is 22.2. The second-order valence-electron chi connectivity index (χ2n) is 32.4. The summed E-state index contributed by atoms with van der Waals surface area (Å²) in [5.74, 6) is -0.302. The number of hydrogen-bond acceptors (Lipinski definition) is 11. The Morgan fingerprint density at radius 2 is 0.752 bits per heavy atom. The molecule has 10 aromatic rings. The molecule has 0 bridgehead atoms. The van der Waals surface area contributed by atoms with Crippen LogP contribution in [-0.4, -0.2) is 100 Å². The number of halogens is 2. The predicted molar refractivity (Wildman–Crippen MR) is 482 cm³/mol. The van der Waals surface area contributed by atoms with Crippen molar-refractivity contribution < 1.29 is 8.78 Å². The van der Waals surface area contributed by atoms with E-state index in [1.807, 2.05) is 50.6 Å². The van der Waals surface area contributed by atoms with Crippen molar-refractivity contribution in [2.75, 3.05) is 21.1 Å². The van der Waals surface area contributed by atoms with E-state index in [9.17, 15) is 8.78 Å². The molecule has 2 atom stereocenters. The first-order chi connectivity index (χ1) is 54.0. The van der Waals surface area contributed by atoms with Crippen molar-refractivity contribution in [2.45, 2.75) is 270 Å². The highest BCUT2D eigenvalue weighted by Crippen LogP contribution is 2.32. The maximum absolute atomic E-state index is 13.0. The maximum Gasteiger partial charge on any atom is 0.127 e. The number of aryl methyl sites for hydroxylation is 3. The number of hydrogen-bond donors (Lipinski definition) is 6. The molecule has 0 radical (unpaired) electrons. The SMILES string of the molecule is CC(C)N(C)Cc1ccccc1.CC(C)N(C)Cc1ccccc1.CC(C)N(C)Cc1cccnc1.CC(C)NCc1cccc(F)c1.CC(C)NCc1cccc2cnccc12.CC(C)NCc1ccccc1F.CC(C)N[C@@H]1CCc2ccccc21.CC(C)N[C@H]1CCc2ccccc21.Cc1ccc(CNC(C)C)cc1. The molecule has 0 amide bonds. The van der Waals surface area contributed by atoms with Gasteiger partial charge in [-0.2, -0.15) is 0 Å². The number of nitrogens with one attached hydrogen (secondary N) is 6. The second-order valence-corrected chi connectivity index (χ2v) is 32.4. The van der Waals surface area contributed by atoms with Gasteiger partial charge in [-0.1, -0.05) is 277 Å². The number of rotatable bonds is 25. The van der Waals surface area contributed by atoms with Crippen molar-refractivity contribution >= 4 is 10.8 Å². The first-order valence-corrected chi connectivity index (χ1v) is 41.5. The van der Waals surface area contributed by atoms with Gasteiger partial charge in [0.25, 0.3) is 0 Å². The van der Waals surface area contributed by atoms with Gasteiger partial charge in [0.15, 0.2) is 0 Å². The summed E-state index contributed by atoms with van der Waals surface area (Å²) in [5.41, 5.74) is 15.8. The molecular formula is C100H145F2N11. The topological polar surface area (TPSA) is 108 Å². The van der Waals surface area contributed by atoms with E-state index in [4.69, 9.17) is 0 Å². The third-order valence-corrected chi connectivity index (χ3v) is 19.3. The fraction of sp³-hybridized carbons (Fsp3) is 0.440. The molecule has 0 fully saturated rings. The largest absolute Gasteiger partial charge is 0.310 e. The molecule has 2 heterocycles. The first-order valence-electron chi connectivity index (χ1n) is 41.5. The molecule has 8 aromatic carbocycles. The summed E-state index contributed by atoms with van der Waals surface area (Å²) in [5, 5.41) is 22.9. The van der Waals surface area contributed by atoms with E-state index in [-0.39, 0.29) is 11.6 Å². The van der Waals surface area contributed by atoms with Crippen molar-refractivity contribution in [1.82, 2.24) is 56.6 Å². The van der Waals surface area contributed by atoms with Gasteiger partial charge in [-0.15, -0.1) is 0 Å². The molecule has 11 nitrogen and oxygen atoms in total. The zero-order chi connectivity index (χ0) is 83.0. The summed E-state index contributed by atoms with van der Waals surface area (Å²) >= 11 is 0. The third-order valence-electron chi connectivity index (χ3n) is 19.3. The van der Waals surface area contributed by atoms with Gasteiger partial charge in [-0.25, -0.2) is 8.78 Å². The Morgan fingerprint density at radius 3 is 1.20 bits per heavy atom. The van der Waals surface area contributed by atoms with Crippen molar-refractivity contribution in [3.05, 3.63) is 322 Å². The van der Waals surface area contributed by atoms with Gasteiger partial charge >= 0.3 is 0 Å². The molecular weight excluding hydrogens is 1390 g/mol. The number of pyridine rings is 2. The molecule has 0 saturated carbocycles. The van der Waals surface area contributed by atoms with E-state index in [0.717, 1.165) is 50.4 Å². The van der Waals surface area contributed by atoms with Crippen molar-refractivity contribution in [1.29, 1.82) is 0 Å². The molecule has 2 aliphatic carbocycles. The minimum absolute atomic E-state index is 0.134. The number of fused-ring (bicyclic) bond motifs is 3. The monoisotopic (exact) mass is 1540 g/mol. The van der Waals surface area contributed by atoms with Gasteiger partial charge in [0.05, 0.1) is 0 Å². The summed E-state index contributed by atoms with van der Waals surface area (Å²) < 4.78 is 25.7. The number of benzene rings is 8. The Morgan fingerprint density at radius 1 is 0.354 bits per heavy atom. The molecule has 2 aromatic heterocycles. The molecule has 13 heteroatoms. The zero-order valence-corrected chi connectivity index (χ0v) is 73.2. The smallest absolute Gasteiger partial charge is 0.127 e. The fourth-order valence-corrected chi connectivity index (χ4v) is 11.9. The highest BCUT2D eigenvalue weighted by atomic mass is 19.1. The lowest BCUT2D eigenvalue weighted by Crippen LogP contribution is -2.26. The van der Waals surface area contributed by atoms with E-state index in [0.29, 0.717) is 73.0 Å². The van der Waals surface area contributed by atoms with Gasteiger partial charge in [0.1, 0.15) is 11.6 Å². The molecule has 2 aliphatic rings. The highest BCUT2D eigenvalue weighted by Gasteiger charge is 2.23. The number of nitrogens with zero attached hydrogens (tertiary/aromatic N) is 5. The molecule has 0 spiro atoms. The van der Waals surface area contributed by atoms with Crippen LogP contribution >= 0.6 is 0 Å². The molecule has 0 aliphatic heterocycles. The molecule has 0 saturated heterocycles. The summed E-state index contributed by atoms with van der Waals surface area (Å²) in [7, 11) is 6.42. The van der Waals surface area contributed by atoms with Crippen molar-refractivity contribution in [3.8, 4) is 0 Å². The van der Waals surface area contributed by atoms with Crippen LogP contribution in [-0.2, 0) is 58.7 Å². The van der Waals surface area contributed by atoms with Crippen LogP contribution < -0.4 is 31.9 Å². The third kappa shape index (κ3) is 42.1. The van der Waals surface area contributed by atoms with Crippen LogP contribution in [0.15, 0.2) is 243 Å². The Bertz CT molecular complexity index is 3860. The summed E-state index contributed by atoms with van der Waals surface area (Å²) in [6, 6.07) is 79.4. The van der Waals surface area contributed by atoms with Crippen LogP contribution in [0.25, 0.3) is 10.8 Å². The van der Waals surface area contributed by atoms with Crippen LogP contribution in [0.4, 0.5) is 8.78 Å². The highest BCUT2D eigenvalue weighted by molar-refractivity contribution is 5.84. The fourth-order valence-electron chi connectivity index (χ4n) is 11.9. The molecule has 614 valence electrons. The summed E-state index contributed by atoms with van der Waals surface area (Å²) in [4.78, 5) is 15.1. The van der Waals surface area contributed by atoms with Gasteiger partial charge in [-0.3, -0.25) is 24.7 Å². The zero-order valence-electron chi connectivity index (χ0n) is 73.2. The van der Waals surface area contributed by atoms with Crippen LogP contribution in [0, 0.1) is 18.6 Å². The maximum atomic E-state index is 13.0. The van der Waals surface area contributed by atoms with Crippen LogP contribution in [0.2, 0.25) is 0 Å². The van der Waals surface area contributed by atoms with Gasteiger partial charge < -0.3 is 31.9 Å². The van der Waals surface area contributed by atoms with E-state index in [1.165, 1.54) is 104 Å². The van der Waals surface area contributed by atoms with Crippen LogP contribution in [0.1, 0.15) is 216 Å². The lowest BCUT2D eigenvalue weighted by molar-refractivity contribution is 0.265. The van der Waals surface area contributed by atoms with E-state index < -0.39 is 0 Å². The molecule has 0 unspecified atom stereocenters. The van der Waals surface area contributed by atoms with Crippen molar-refractivity contribution in [2.24, 2.45) is 0 Å². The van der Waals surface area contributed by atoms with Gasteiger partial charge in [0, 0.05) is 148 Å². The average Bonchev–Trinajstić information content (AvgIpc) is 1.79. The Labute approximate surface area is 684 Å². The summed E-state index contributed by atoms with van der Waals surface area (Å²) in [6.07, 6.45) is 12.5. The van der Waals surface area contributed by atoms with E-state index in [1.54, 1.807) is 30.5 Å². The lowest BCUT2D eigenvalue weighted by Gasteiger charge is -2.20. The quantitative estimate of drug-likeness (QED) is 0.0329. The molecule has 12 rings (SSSR count). The normalized spacial score (nSPS) is 13.2. The lowest BCUT2D eigenvalue weighted by atomic mass is 10.1. The average molecular weight is 1540 g/mol. The Kier molecular flexibility index (Phi) is 47.6. The number of aromatic nitrogens is 2. The van der Waals surface area contributed by atoms with E-state index >= 15 is 0 Å². The molecule has 6 N–H and O–H groups in total. The van der Waals surface area contributed by atoms with Crippen LogP contribution in [0.3, 0.4) is 0 Å². The minimum Gasteiger partial charge on any atom is -0.310 e. The van der Waals surface area contributed by atoms with Crippen LogP contribution in [0.5, 0.6) is 0 Å². The van der Waals surface area contributed by atoms with Crippen molar-refractivity contribution in [3.63, 3.8) is 0 Å². The standard InChI is InChI=1S/C13H16N2.2C12H17N.3C11H17N.2C10H14FN.C10H16N2/c1-10(2)15-9-12-5-3-4-11-8-14-7-6-13(11)12;2*1-9(2)13-12-8-7-10-5-3-4-6-11(10)12;1-9(2)12-8-11-6-4-10(3)5-7-11;2*1-10(2)12(3)9-11-7-5-4-6-8-11;1-8(2)12-7-9-4-3-5-10(11)6-9;1-8(2)12-7-9-5-3-4-6-10(9)11;1-9(2)12(3)8-10-5-4-6-11-7-10/h3-8,10,15H,9H2,1-2H3;2*3-6,9,12-13H,7-8H2,1-2H3;4-7,9,12H,8H2,1-3H3;2*4-8,10H,9H2,1-3H3;2*3-6,8,12H,7H2,1-2H3;4-7,9H,8H2,1-3H3/t;2*12-;;;;;;/m.10....../s1. The summed E-state index contributed by atoms with van der Waals surface area (Å²) in [6.45, 7) is 47.3. The van der Waals surface area contributed by atoms with Gasteiger partial charge in [-0.05, 0) is 187 Å². The second kappa shape index (κ2) is 55.3. The minimum atomic E-state index is -0.168. The van der Waals surface area contributed by atoms with Gasteiger partial charge in [0.2, 0.25) is 0 Å². The van der Waals surface area contributed by atoms with E-state index in [2.05, 4.69) is 359 Å². The Hall–Kier alpha value is -8.18.